The molecule has 3 rings (SSSR count). The highest BCUT2D eigenvalue weighted by molar-refractivity contribution is 8.01. The summed E-state index contributed by atoms with van der Waals surface area (Å²) in [6.07, 6.45) is 0. The molecule has 0 fully saturated rings. The van der Waals surface area contributed by atoms with Crippen LogP contribution in [0.25, 0.3) is 10.2 Å². The number of anilines is 1. The second-order valence-corrected chi connectivity index (χ2v) is 8.10. The van der Waals surface area contributed by atoms with Gasteiger partial charge in [0.25, 0.3) is 0 Å². The molecule has 0 atom stereocenters. The Kier molecular flexibility index (Phi) is 6.06. The zero-order valence-corrected chi connectivity index (χ0v) is 16.4. The number of rotatable bonds is 6. The highest BCUT2D eigenvalue weighted by Crippen LogP contribution is 2.32. The quantitative estimate of drug-likeness (QED) is 0.524. The number of nitrogens with one attached hydrogen (secondary N) is 1. The molecule has 0 aliphatic carbocycles. The molecule has 1 aromatic heterocycles. The van der Waals surface area contributed by atoms with Crippen molar-refractivity contribution in [1.82, 2.24) is 4.98 Å². The van der Waals surface area contributed by atoms with Gasteiger partial charge >= 0.3 is 0 Å². The summed E-state index contributed by atoms with van der Waals surface area (Å²) in [6, 6.07) is 10.7. The topological polar surface area (TPSA) is 51.2 Å². The number of aromatic nitrogens is 1. The molecule has 0 bridgehead atoms. The summed E-state index contributed by atoms with van der Waals surface area (Å²) < 4.78 is 7.36. The van der Waals surface area contributed by atoms with Crippen molar-refractivity contribution in [2.24, 2.45) is 0 Å². The fraction of sp³-hybridized carbons (Fsp3) is 0.176. The number of hydrogen-bond acceptors (Lipinski definition) is 5. The van der Waals surface area contributed by atoms with Gasteiger partial charge in [-0.05, 0) is 43.3 Å². The average Bonchev–Trinajstić information content (AvgIpc) is 2.98. The molecule has 0 aliphatic rings. The lowest BCUT2D eigenvalue weighted by Gasteiger charge is -2.06. The number of thioether (sulfide) groups is 1. The molecular weight excluding hydrogens is 399 g/mol. The molecule has 1 N–H and O–H groups in total. The Morgan fingerprint density at radius 3 is 2.88 bits per heavy atom. The number of benzene rings is 2. The van der Waals surface area contributed by atoms with Gasteiger partial charge in [0.1, 0.15) is 5.75 Å². The maximum atomic E-state index is 12.1. The van der Waals surface area contributed by atoms with Crippen LogP contribution >= 0.6 is 46.3 Å². The van der Waals surface area contributed by atoms with Gasteiger partial charge in [0, 0.05) is 5.02 Å². The average molecular weight is 413 g/mol. The summed E-state index contributed by atoms with van der Waals surface area (Å²) in [4.78, 5) is 16.6. The highest BCUT2D eigenvalue weighted by atomic mass is 35.5. The lowest BCUT2D eigenvalue weighted by Crippen LogP contribution is -2.14. The van der Waals surface area contributed by atoms with Gasteiger partial charge in [0.15, 0.2) is 4.34 Å². The zero-order chi connectivity index (χ0) is 17.8. The Hall–Kier alpha value is -1.47. The zero-order valence-electron chi connectivity index (χ0n) is 13.2. The van der Waals surface area contributed by atoms with E-state index < -0.39 is 0 Å². The first-order valence-electron chi connectivity index (χ1n) is 7.46. The predicted molar refractivity (Wildman–Crippen MR) is 107 cm³/mol. The van der Waals surface area contributed by atoms with Gasteiger partial charge < -0.3 is 10.1 Å². The first-order chi connectivity index (χ1) is 12.0. The normalized spacial score (nSPS) is 10.8. The first kappa shape index (κ1) is 18.3. The van der Waals surface area contributed by atoms with E-state index in [-0.39, 0.29) is 11.7 Å². The lowest BCUT2D eigenvalue weighted by atomic mass is 10.3. The minimum atomic E-state index is -0.150. The molecular formula is C17H14Cl2N2O2S2. The number of thiazole rings is 1. The van der Waals surface area contributed by atoms with Crippen molar-refractivity contribution >= 4 is 68.1 Å². The van der Waals surface area contributed by atoms with E-state index in [1.165, 1.54) is 23.1 Å². The summed E-state index contributed by atoms with van der Waals surface area (Å²) in [7, 11) is 0. The van der Waals surface area contributed by atoms with E-state index in [9.17, 15) is 4.79 Å². The number of carbonyl (C=O) groups excluding carboxylic acids is 1. The third kappa shape index (κ3) is 4.79. The minimum Gasteiger partial charge on any atom is -0.494 e. The molecule has 0 unspecified atom stereocenters. The number of fused-ring (bicyclic) bond motifs is 1. The van der Waals surface area contributed by atoms with Crippen LogP contribution in [0.5, 0.6) is 5.75 Å². The van der Waals surface area contributed by atoms with Crippen molar-refractivity contribution < 1.29 is 9.53 Å². The molecule has 1 heterocycles. The monoisotopic (exact) mass is 412 g/mol. The van der Waals surface area contributed by atoms with Crippen LogP contribution < -0.4 is 10.1 Å². The molecule has 0 radical (unpaired) electrons. The van der Waals surface area contributed by atoms with Crippen LogP contribution in [0.2, 0.25) is 10.0 Å². The van der Waals surface area contributed by atoms with Gasteiger partial charge in [-0.1, -0.05) is 35.0 Å². The second-order valence-electron chi connectivity index (χ2n) is 5.00. The predicted octanol–water partition coefficient (Wildman–Crippen LogP) is 5.73. The van der Waals surface area contributed by atoms with Gasteiger partial charge in [-0.2, -0.15) is 0 Å². The van der Waals surface area contributed by atoms with E-state index in [4.69, 9.17) is 27.9 Å². The van der Waals surface area contributed by atoms with Crippen LogP contribution in [-0.4, -0.2) is 23.3 Å². The first-order valence-corrected chi connectivity index (χ1v) is 10.0. The molecule has 0 saturated heterocycles. The molecule has 0 spiro atoms. The van der Waals surface area contributed by atoms with E-state index in [1.54, 1.807) is 18.2 Å². The molecule has 25 heavy (non-hydrogen) atoms. The summed E-state index contributed by atoms with van der Waals surface area (Å²) >= 11 is 14.8. The van der Waals surface area contributed by atoms with E-state index in [0.717, 1.165) is 20.3 Å². The van der Waals surface area contributed by atoms with E-state index in [2.05, 4.69) is 10.3 Å². The van der Waals surface area contributed by atoms with Gasteiger partial charge in [-0.15, -0.1) is 11.3 Å². The Bertz CT molecular complexity index is 915. The summed E-state index contributed by atoms with van der Waals surface area (Å²) in [5.74, 6) is 0.922. The van der Waals surface area contributed by atoms with Crippen LogP contribution in [0.1, 0.15) is 6.92 Å². The SMILES string of the molecule is CCOc1ccc2nc(SCC(=O)Nc3ccc(Cl)cc3Cl)sc2c1. The number of nitrogens with zero attached hydrogens (tertiary/aromatic N) is 1. The summed E-state index contributed by atoms with van der Waals surface area (Å²) in [5, 5.41) is 3.71. The number of halogens is 2. The van der Waals surface area contributed by atoms with Crippen molar-refractivity contribution in [2.75, 3.05) is 17.7 Å². The van der Waals surface area contributed by atoms with Crippen molar-refractivity contribution in [3.8, 4) is 5.75 Å². The second kappa shape index (κ2) is 8.27. The Morgan fingerprint density at radius 1 is 1.28 bits per heavy atom. The van der Waals surface area contributed by atoms with Crippen LogP contribution in [-0.2, 0) is 4.79 Å². The van der Waals surface area contributed by atoms with Crippen molar-refractivity contribution in [3.63, 3.8) is 0 Å². The standard InChI is InChI=1S/C17H14Cl2N2O2S2/c1-2-23-11-4-6-14-15(8-11)25-17(21-14)24-9-16(22)20-13-5-3-10(18)7-12(13)19/h3-8H,2,9H2,1H3,(H,20,22). The highest BCUT2D eigenvalue weighted by Gasteiger charge is 2.10. The number of ether oxygens (including phenoxy) is 1. The maximum absolute atomic E-state index is 12.1. The fourth-order valence-corrected chi connectivity index (χ4v) is 4.46. The Labute approximate surface area is 163 Å². The maximum Gasteiger partial charge on any atom is 0.234 e. The third-order valence-corrected chi connectivity index (χ3v) is 5.89. The van der Waals surface area contributed by atoms with E-state index >= 15 is 0 Å². The summed E-state index contributed by atoms with van der Waals surface area (Å²) in [5.41, 5.74) is 1.44. The van der Waals surface area contributed by atoms with Gasteiger partial charge in [-0.3, -0.25) is 4.79 Å². The molecule has 2 aromatic carbocycles. The van der Waals surface area contributed by atoms with Gasteiger partial charge in [0.05, 0.1) is 33.3 Å². The lowest BCUT2D eigenvalue weighted by molar-refractivity contribution is -0.113. The largest absolute Gasteiger partial charge is 0.494 e. The number of amides is 1. The van der Waals surface area contributed by atoms with Crippen molar-refractivity contribution in [3.05, 3.63) is 46.4 Å². The van der Waals surface area contributed by atoms with E-state index in [1.807, 2.05) is 25.1 Å². The molecule has 8 heteroatoms. The smallest absolute Gasteiger partial charge is 0.234 e. The molecule has 3 aromatic rings. The van der Waals surface area contributed by atoms with Crippen molar-refractivity contribution in [1.29, 1.82) is 0 Å². The fourth-order valence-electron chi connectivity index (χ4n) is 2.11. The Balaban J connectivity index is 1.62. The molecule has 0 saturated carbocycles. The van der Waals surface area contributed by atoms with Crippen molar-refractivity contribution in [2.45, 2.75) is 11.3 Å². The van der Waals surface area contributed by atoms with Crippen LogP contribution in [0.4, 0.5) is 5.69 Å². The minimum absolute atomic E-state index is 0.150. The summed E-state index contributed by atoms with van der Waals surface area (Å²) in [6.45, 7) is 2.57. The number of carbonyl (C=O) groups is 1. The molecule has 0 aliphatic heterocycles. The van der Waals surface area contributed by atoms with E-state index in [0.29, 0.717) is 22.3 Å². The van der Waals surface area contributed by atoms with Crippen LogP contribution in [0.15, 0.2) is 40.7 Å². The van der Waals surface area contributed by atoms with Gasteiger partial charge in [0.2, 0.25) is 5.91 Å². The van der Waals surface area contributed by atoms with Crippen LogP contribution in [0, 0.1) is 0 Å². The third-order valence-electron chi connectivity index (χ3n) is 3.18. The van der Waals surface area contributed by atoms with Gasteiger partial charge in [-0.25, -0.2) is 4.98 Å². The van der Waals surface area contributed by atoms with Crippen LogP contribution in [0.3, 0.4) is 0 Å². The Morgan fingerprint density at radius 2 is 2.12 bits per heavy atom. The molecule has 1 amide bonds. The molecule has 4 nitrogen and oxygen atoms in total. The molecule has 130 valence electrons. The number of hydrogen-bond donors (Lipinski definition) is 1.